The molecule has 5 nitrogen and oxygen atoms in total. The number of rotatable bonds is 4. The van der Waals surface area contributed by atoms with Crippen molar-refractivity contribution in [1.82, 2.24) is 4.90 Å². The zero-order valence-corrected chi connectivity index (χ0v) is 12.8. The van der Waals surface area contributed by atoms with Crippen LogP contribution in [0.25, 0.3) is 0 Å². The number of nitrogens with zero attached hydrogens (tertiary/aromatic N) is 1. The van der Waals surface area contributed by atoms with Crippen molar-refractivity contribution in [2.75, 3.05) is 13.7 Å². The molecule has 1 aromatic rings. The van der Waals surface area contributed by atoms with Gasteiger partial charge in [0.2, 0.25) is 0 Å². The number of amides is 1. The summed E-state index contributed by atoms with van der Waals surface area (Å²) in [6, 6.07) is 7.71. The Balaban J connectivity index is 2.01. The quantitative estimate of drug-likeness (QED) is 0.798. The van der Waals surface area contributed by atoms with Crippen LogP contribution in [0.5, 0.6) is 0 Å². The third-order valence-electron chi connectivity index (χ3n) is 3.89. The van der Waals surface area contributed by atoms with Gasteiger partial charge in [0.25, 0.3) is 6.43 Å². The van der Waals surface area contributed by atoms with Crippen LogP contribution in [-0.2, 0) is 20.9 Å². The van der Waals surface area contributed by atoms with Crippen LogP contribution in [0.4, 0.5) is 13.6 Å². The summed E-state index contributed by atoms with van der Waals surface area (Å²) < 4.78 is 36.0. The number of hydrogen-bond donors (Lipinski definition) is 0. The van der Waals surface area contributed by atoms with Gasteiger partial charge in [0.15, 0.2) is 0 Å². The first kappa shape index (κ1) is 17.2. The number of ether oxygens (including phenoxy) is 2. The monoisotopic (exact) mass is 327 g/mol. The number of carbonyl (C=O) groups is 2. The molecular weight excluding hydrogens is 308 g/mol. The van der Waals surface area contributed by atoms with Gasteiger partial charge in [-0.3, -0.25) is 9.69 Å². The van der Waals surface area contributed by atoms with E-state index in [9.17, 15) is 18.4 Å². The molecule has 0 bridgehead atoms. The lowest BCUT2D eigenvalue weighted by Crippen LogP contribution is -2.51. The van der Waals surface area contributed by atoms with E-state index >= 15 is 0 Å². The zero-order valence-electron chi connectivity index (χ0n) is 12.8. The van der Waals surface area contributed by atoms with Crippen molar-refractivity contribution in [3.8, 4) is 0 Å². The summed E-state index contributed by atoms with van der Waals surface area (Å²) in [6.45, 7) is -0.121. The second kappa shape index (κ2) is 7.89. The van der Waals surface area contributed by atoms with Crippen molar-refractivity contribution in [2.45, 2.75) is 31.9 Å². The summed E-state index contributed by atoms with van der Waals surface area (Å²) >= 11 is 0. The molecule has 0 unspecified atom stereocenters. The average Bonchev–Trinajstić information content (AvgIpc) is 2.59. The Morgan fingerprint density at radius 3 is 2.57 bits per heavy atom. The van der Waals surface area contributed by atoms with Crippen LogP contribution in [-0.4, -0.2) is 43.1 Å². The van der Waals surface area contributed by atoms with Crippen LogP contribution in [0.15, 0.2) is 30.3 Å². The summed E-state index contributed by atoms with van der Waals surface area (Å²) in [5, 5.41) is 0. The average molecular weight is 327 g/mol. The smallest absolute Gasteiger partial charge is 0.410 e. The highest BCUT2D eigenvalue weighted by Gasteiger charge is 2.40. The fraction of sp³-hybridized carbons (Fsp3) is 0.500. The molecule has 23 heavy (non-hydrogen) atoms. The highest BCUT2D eigenvalue weighted by Crippen LogP contribution is 2.27. The van der Waals surface area contributed by atoms with Gasteiger partial charge < -0.3 is 9.47 Å². The van der Waals surface area contributed by atoms with Crippen LogP contribution in [0, 0.1) is 5.92 Å². The fourth-order valence-electron chi connectivity index (χ4n) is 2.63. The number of piperidine rings is 1. The predicted octanol–water partition coefficient (Wildman–Crippen LogP) is 2.84. The molecular formula is C16H19F2NO4. The standard InChI is InChI=1S/C16H19F2NO4/c1-22-15(20)12-7-8-13(14(17)18)19(9-12)16(21)23-10-11-5-3-2-4-6-11/h2-6,12-14H,7-10H2,1H3/t12-,13+/m0/s1. The molecule has 0 radical (unpaired) electrons. The topological polar surface area (TPSA) is 55.8 Å². The van der Waals surface area contributed by atoms with Gasteiger partial charge in [-0.1, -0.05) is 30.3 Å². The van der Waals surface area contributed by atoms with Crippen LogP contribution in [0.1, 0.15) is 18.4 Å². The van der Waals surface area contributed by atoms with E-state index in [2.05, 4.69) is 4.74 Å². The Morgan fingerprint density at radius 2 is 1.96 bits per heavy atom. The molecule has 126 valence electrons. The van der Waals surface area contributed by atoms with Crippen molar-refractivity contribution >= 4 is 12.1 Å². The molecule has 1 heterocycles. The van der Waals surface area contributed by atoms with E-state index in [-0.39, 0.29) is 26.0 Å². The minimum absolute atomic E-state index is 0.00494. The first-order valence-electron chi connectivity index (χ1n) is 7.36. The number of carbonyl (C=O) groups excluding carboxylic acids is 2. The molecule has 7 heteroatoms. The van der Waals surface area contributed by atoms with Crippen molar-refractivity contribution in [1.29, 1.82) is 0 Å². The van der Waals surface area contributed by atoms with E-state index in [0.717, 1.165) is 10.5 Å². The van der Waals surface area contributed by atoms with E-state index in [1.165, 1.54) is 7.11 Å². The minimum Gasteiger partial charge on any atom is -0.469 e. The molecule has 1 aliphatic heterocycles. The van der Waals surface area contributed by atoms with Gasteiger partial charge in [-0.25, -0.2) is 13.6 Å². The van der Waals surface area contributed by atoms with Crippen LogP contribution >= 0.6 is 0 Å². The molecule has 0 saturated carbocycles. The number of esters is 1. The SMILES string of the molecule is COC(=O)[C@H]1CC[C@H](C(F)F)N(C(=O)OCc2ccccc2)C1. The molecule has 1 saturated heterocycles. The lowest BCUT2D eigenvalue weighted by atomic mass is 9.93. The number of halogens is 2. The molecule has 2 atom stereocenters. The summed E-state index contributed by atoms with van der Waals surface area (Å²) in [7, 11) is 1.24. The molecule has 2 rings (SSSR count). The van der Waals surface area contributed by atoms with E-state index in [4.69, 9.17) is 4.74 Å². The van der Waals surface area contributed by atoms with Crippen molar-refractivity contribution in [3.05, 3.63) is 35.9 Å². The Morgan fingerprint density at radius 1 is 1.26 bits per heavy atom. The number of likely N-dealkylation sites (tertiary alicyclic amines) is 1. The van der Waals surface area contributed by atoms with Crippen LogP contribution in [0.2, 0.25) is 0 Å². The highest BCUT2D eigenvalue weighted by molar-refractivity contribution is 5.75. The van der Waals surface area contributed by atoms with E-state index < -0.39 is 30.4 Å². The first-order chi connectivity index (χ1) is 11.0. The van der Waals surface area contributed by atoms with Gasteiger partial charge >= 0.3 is 12.1 Å². The van der Waals surface area contributed by atoms with E-state index in [1.807, 2.05) is 6.07 Å². The maximum Gasteiger partial charge on any atom is 0.410 e. The maximum absolute atomic E-state index is 13.1. The predicted molar refractivity (Wildman–Crippen MR) is 77.9 cm³/mol. The summed E-state index contributed by atoms with van der Waals surface area (Å²) in [4.78, 5) is 24.7. The molecule has 0 N–H and O–H groups in total. The largest absolute Gasteiger partial charge is 0.469 e. The summed E-state index contributed by atoms with van der Waals surface area (Å²) in [5.74, 6) is -1.10. The Hall–Kier alpha value is -2.18. The number of methoxy groups -OCH3 is 1. The van der Waals surface area contributed by atoms with Gasteiger partial charge in [-0.05, 0) is 18.4 Å². The molecule has 0 spiro atoms. The number of hydrogen-bond acceptors (Lipinski definition) is 4. The van der Waals surface area contributed by atoms with Crippen LogP contribution < -0.4 is 0 Å². The summed E-state index contributed by atoms with van der Waals surface area (Å²) in [5.41, 5.74) is 0.760. The Kier molecular flexibility index (Phi) is 5.90. The third-order valence-corrected chi connectivity index (χ3v) is 3.89. The summed E-state index contributed by atoms with van der Waals surface area (Å²) in [6.07, 6.45) is -3.22. The first-order valence-corrected chi connectivity index (χ1v) is 7.36. The maximum atomic E-state index is 13.1. The Bertz CT molecular complexity index is 538. The second-order valence-corrected chi connectivity index (χ2v) is 5.39. The minimum atomic E-state index is -2.68. The van der Waals surface area contributed by atoms with Gasteiger partial charge in [0, 0.05) is 6.54 Å². The van der Waals surface area contributed by atoms with E-state index in [0.29, 0.717) is 0 Å². The normalized spacial score (nSPS) is 21.1. The van der Waals surface area contributed by atoms with Gasteiger partial charge in [-0.15, -0.1) is 0 Å². The molecule has 1 aliphatic rings. The van der Waals surface area contributed by atoms with E-state index in [1.54, 1.807) is 24.3 Å². The number of alkyl halides is 2. The molecule has 1 fully saturated rings. The molecule has 0 aromatic heterocycles. The lowest BCUT2D eigenvalue weighted by molar-refractivity contribution is -0.148. The number of benzene rings is 1. The molecule has 1 aromatic carbocycles. The Labute approximate surface area is 133 Å². The lowest BCUT2D eigenvalue weighted by Gasteiger charge is -2.37. The van der Waals surface area contributed by atoms with Gasteiger partial charge in [-0.2, -0.15) is 0 Å². The van der Waals surface area contributed by atoms with Gasteiger partial charge in [0.1, 0.15) is 6.61 Å². The van der Waals surface area contributed by atoms with Crippen molar-refractivity contribution < 1.29 is 27.8 Å². The van der Waals surface area contributed by atoms with Crippen LogP contribution in [0.3, 0.4) is 0 Å². The van der Waals surface area contributed by atoms with Crippen molar-refractivity contribution in [3.63, 3.8) is 0 Å². The van der Waals surface area contributed by atoms with Gasteiger partial charge in [0.05, 0.1) is 19.1 Å². The second-order valence-electron chi connectivity index (χ2n) is 5.39. The fourth-order valence-corrected chi connectivity index (χ4v) is 2.63. The van der Waals surface area contributed by atoms with Crippen molar-refractivity contribution in [2.24, 2.45) is 5.92 Å². The molecule has 0 aliphatic carbocycles. The molecule has 1 amide bonds. The third kappa shape index (κ3) is 4.40. The highest BCUT2D eigenvalue weighted by atomic mass is 19.3. The zero-order chi connectivity index (χ0) is 16.8.